The van der Waals surface area contributed by atoms with E-state index in [1.807, 2.05) is 91.8 Å². The first-order valence-corrected chi connectivity index (χ1v) is 41.2. The lowest BCUT2D eigenvalue weighted by Gasteiger charge is -2.04. The minimum Gasteiger partial charge on any atom is -0.401 e. The first-order chi connectivity index (χ1) is 61.1. The van der Waals surface area contributed by atoms with Gasteiger partial charge in [0.2, 0.25) is 23.1 Å². The molecule has 0 saturated carbocycles. The van der Waals surface area contributed by atoms with Gasteiger partial charge in [0.05, 0.1) is 92.5 Å². The lowest BCUT2D eigenvalue weighted by molar-refractivity contribution is -0.655. The summed E-state index contributed by atoms with van der Waals surface area (Å²) < 4.78 is 68.5. The van der Waals surface area contributed by atoms with Crippen LogP contribution in [0, 0.1) is 0 Å². The predicted octanol–water partition coefficient (Wildman–Crippen LogP) is 19.2. The minimum atomic E-state index is -2.31. The van der Waals surface area contributed by atoms with Gasteiger partial charge in [0.25, 0.3) is 22.5 Å². The van der Waals surface area contributed by atoms with Crippen molar-refractivity contribution in [1.82, 2.24) is 52.3 Å². The highest BCUT2D eigenvalue weighted by Gasteiger charge is 2.43. The number of imidazole rings is 3. The summed E-state index contributed by atoms with van der Waals surface area (Å²) in [5.41, 5.74) is 29.9. The van der Waals surface area contributed by atoms with E-state index < -0.39 is 6.98 Å². The van der Waals surface area contributed by atoms with E-state index in [4.69, 9.17) is 17.4 Å². The fraction of sp³-hybridized carbons (Fsp3) is 0.0693. The largest absolute Gasteiger partial charge is 0.422 e. The van der Waals surface area contributed by atoms with Crippen LogP contribution in [0.4, 0.5) is 0 Å². The summed E-state index contributed by atoms with van der Waals surface area (Å²) in [5.74, 6) is 5.32. The topological polar surface area (TPSA) is 153 Å². The van der Waals surface area contributed by atoms with Crippen molar-refractivity contribution in [2.75, 3.05) is 0 Å². The standard InChI is InChI=1S/C27H19N4.2C22H17N4.C15H9N2O2.C15H9N2OS/c1-3-10-20(11-4-1)30-24-15-16-28-17-23(24)25-27(30)29-18-19-9-7-8-14-22(19)26(29)31(25)21-12-5-2-6-13-21;2*1-24-19-11-12-23-13-18(19)20-22(24)25-14-15-7-5-6-10-17(15)21(25)26(20)16-8-3-2-4-9-16;1-2-4-10-9(3-1)8-17-14(10)19-13-11-7-16-6-5-12(11)18-15(13)17;1-2-4-10-9(3-1)8-17-14(10)18-13-11-7-16-6-5-12(11)19-15(13)17/h1-17H,18H2;2*2-13H,14H2,1H3;2*1-7H,8H2/q5*+1/i;1D3;;;. The highest BCUT2D eigenvalue weighted by atomic mass is 32.1. The quantitative estimate of drug-likeness (QED) is 0.158. The number of rotatable bonds is 4. The number of aromatic nitrogens is 16. The molecule has 0 atom stereocenters. The van der Waals surface area contributed by atoms with Crippen molar-refractivity contribution in [1.29, 1.82) is 0 Å². The van der Waals surface area contributed by atoms with Gasteiger partial charge in [-0.1, -0.05) is 175 Å². The molecule has 5 aliphatic heterocycles. The zero-order chi connectivity index (χ0) is 82.2. The summed E-state index contributed by atoms with van der Waals surface area (Å²) in [7, 11) is 2.15. The maximum atomic E-state index is 8.24. The van der Waals surface area contributed by atoms with Crippen molar-refractivity contribution in [3.63, 3.8) is 0 Å². The molecule has 20 heterocycles. The Morgan fingerprint density at radius 3 is 1.17 bits per heavy atom. The Morgan fingerprint density at radius 2 is 0.669 bits per heavy atom. The lowest BCUT2D eigenvalue weighted by atomic mass is 10.1. The van der Waals surface area contributed by atoms with Crippen LogP contribution in [0.5, 0.6) is 0 Å². The molecule has 19 nitrogen and oxygen atoms in total. The summed E-state index contributed by atoms with van der Waals surface area (Å²) in [4.78, 5) is 22.7. The molecule has 0 radical (unpaired) electrons. The Morgan fingerprint density at radius 1 is 0.314 bits per heavy atom. The van der Waals surface area contributed by atoms with Gasteiger partial charge in [0.15, 0.2) is 29.6 Å². The zero-order valence-electron chi connectivity index (χ0n) is 68.1. The van der Waals surface area contributed by atoms with Crippen molar-refractivity contribution in [3.05, 3.63) is 363 Å². The number of thiophene rings is 1. The monoisotopic (exact) mass is 1590 g/mol. The van der Waals surface area contributed by atoms with Crippen LogP contribution in [0.25, 0.3) is 189 Å². The van der Waals surface area contributed by atoms with E-state index in [0.717, 1.165) is 121 Å². The molecular formula is C101H71N16O3S+5. The molecule has 24 aromatic rings. The van der Waals surface area contributed by atoms with Crippen LogP contribution in [-0.4, -0.2) is 52.3 Å². The normalized spacial score (nSPS) is 13.2. The summed E-state index contributed by atoms with van der Waals surface area (Å²) in [6.07, 6.45) is 18.4. The molecule has 0 spiro atoms. The Balaban J connectivity index is 0.0000000860. The van der Waals surface area contributed by atoms with Gasteiger partial charge in [-0.05, 0) is 103 Å². The molecule has 121 heavy (non-hydrogen) atoms. The first kappa shape index (κ1) is 65.4. The Bertz CT molecular complexity index is 8340. The number of oxazole rings is 2. The molecular weight excluding hydrogens is 1520 g/mol. The second-order valence-electron chi connectivity index (χ2n) is 31.0. The van der Waals surface area contributed by atoms with E-state index in [9.17, 15) is 0 Å². The summed E-state index contributed by atoms with van der Waals surface area (Å²) >= 11 is 1.77. The van der Waals surface area contributed by atoms with E-state index in [1.54, 1.807) is 42.2 Å². The third-order valence-corrected chi connectivity index (χ3v) is 25.6. The van der Waals surface area contributed by atoms with E-state index >= 15 is 0 Å². The molecule has 29 rings (SSSR count). The van der Waals surface area contributed by atoms with Gasteiger partial charge in [0, 0.05) is 101 Å². The van der Waals surface area contributed by atoms with E-state index in [0.29, 0.717) is 17.7 Å². The van der Waals surface area contributed by atoms with E-state index in [-0.39, 0.29) is 0 Å². The average molecular weight is 1590 g/mol. The van der Waals surface area contributed by atoms with Crippen molar-refractivity contribution < 1.29 is 40.2 Å². The predicted molar refractivity (Wildman–Crippen MR) is 470 cm³/mol. The molecule has 0 bridgehead atoms. The molecule has 15 aromatic heterocycles. The van der Waals surface area contributed by atoms with Gasteiger partial charge in [-0.2, -0.15) is 0 Å². The van der Waals surface area contributed by atoms with Gasteiger partial charge in [-0.15, -0.1) is 9.13 Å². The number of aryl methyl sites for hydroxylation is 2. The van der Waals surface area contributed by atoms with Crippen LogP contribution in [0.3, 0.4) is 0 Å². The van der Waals surface area contributed by atoms with Crippen molar-refractivity contribution in [2.24, 2.45) is 14.0 Å². The second kappa shape index (κ2) is 26.9. The molecule has 20 heteroatoms. The highest BCUT2D eigenvalue weighted by Crippen LogP contribution is 2.45. The van der Waals surface area contributed by atoms with Gasteiger partial charge < -0.3 is 13.3 Å². The van der Waals surface area contributed by atoms with Crippen LogP contribution in [0.15, 0.2) is 348 Å². The van der Waals surface area contributed by atoms with Gasteiger partial charge in [0.1, 0.15) is 44.9 Å². The highest BCUT2D eigenvalue weighted by molar-refractivity contribution is 7.25. The number of nitrogens with zero attached hydrogens (tertiary/aromatic N) is 16. The maximum absolute atomic E-state index is 8.24. The van der Waals surface area contributed by atoms with E-state index in [1.165, 1.54) is 115 Å². The molecule has 0 unspecified atom stereocenters. The number of pyridine rings is 5. The SMILES string of the molecule is Cn1c2ccncc2c2c1[n+]1c(n2-c2ccccc2)-c2ccccc2C1.[2H]C([2H])([2H])n1c2ccncc2c2c1[n+]1c(n2-c2ccccc2)-c2ccccc2C1.c1ccc(-n2c3[n+](c4c2c2cnccc2n4-c2ccccc2)Cc2ccccc2-3)cc1.c1ccc2c(c1)C[n+]1c-2oc2c3cnccc3oc21.c1ccc2c(c1)C[n+]1c-2oc2c3cnccc3sc21. The number of benzene rings is 9. The molecule has 0 fully saturated rings. The molecule has 574 valence electrons. The van der Waals surface area contributed by atoms with Crippen molar-refractivity contribution >= 4 is 120 Å². The average Bonchev–Trinajstić information content (AvgIpc) is 1.54. The van der Waals surface area contributed by atoms with Crippen LogP contribution in [0.2, 0.25) is 0 Å². The lowest BCUT2D eigenvalue weighted by Crippen LogP contribution is -2.33. The third-order valence-electron chi connectivity index (χ3n) is 24.4. The Hall–Kier alpha value is -15.8. The van der Waals surface area contributed by atoms with Gasteiger partial charge in [-0.25, -0.2) is 32.0 Å². The van der Waals surface area contributed by atoms with Crippen molar-refractivity contribution in [3.8, 4) is 79.8 Å². The number of para-hydroxylation sites is 4. The second-order valence-corrected chi connectivity index (χ2v) is 32.0. The zero-order valence-corrected chi connectivity index (χ0v) is 65.9. The van der Waals surface area contributed by atoms with Crippen LogP contribution in [0.1, 0.15) is 31.9 Å². The number of hydrogen-bond acceptors (Lipinski definition) is 9. The fourth-order valence-corrected chi connectivity index (χ4v) is 20.3. The number of fused-ring (bicyclic) bond motifs is 35. The minimum absolute atomic E-state index is 0.641. The summed E-state index contributed by atoms with van der Waals surface area (Å²) in [6, 6.07) is 94.3. The van der Waals surface area contributed by atoms with Gasteiger partial charge in [-0.3, -0.25) is 34.1 Å². The number of hydrogen-bond donors (Lipinski definition) is 0. The summed E-state index contributed by atoms with van der Waals surface area (Å²) in [6.45, 7) is 1.80. The molecule has 0 N–H and O–H groups in total. The van der Waals surface area contributed by atoms with Crippen LogP contribution < -0.4 is 22.8 Å². The number of furan rings is 1. The van der Waals surface area contributed by atoms with Crippen LogP contribution >= 0.6 is 11.3 Å². The third kappa shape index (κ3) is 10.2. The van der Waals surface area contributed by atoms with Crippen LogP contribution in [-0.2, 0) is 46.7 Å². The first-order valence-electron chi connectivity index (χ1n) is 41.9. The van der Waals surface area contributed by atoms with Crippen molar-refractivity contribution in [2.45, 2.75) is 32.7 Å². The van der Waals surface area contributed by atoms with E-state index in [2.05, 4.69) is 290 Å². The molecule has 0 amide bonds. The molecule has 0 aliphatic carbocycles. The Kier molecular flexibility index (Phi) is 14.5. The molecule has 5 aliphatic rings. The maximum Gasteiger partial charge on any atom is 0.422 e. The molecule has 0 saturated heterocycles. The van der Waals surface area contributed by atoms with Gasteiger partial charge >= 0.3 is 22.3 Å². The fourth-order valence-electron chi connectivity index (χ4n) is 19.2. The Labute approximate surface area is 698 Å². The smallest absolute Gasteiger partial charge is 0.401 e. The molecule has 9 aromatic carbocycles. The summed E-state index contributed by atoms with van der Waals surface area (Å²) in [5, 5.41) is 5.22.